The number of anilines is 5. The lowest BCUT2D eigenvalue weighted by Gasteiger charge is -2.31. The number of primary amides is 1. The highest BCUT2D eigenvalue weighted by molar-refractivity contribution is 5.77. The summed E-state index contributed by atoms with van der Waals surface area (Å²) in [5, 5.41) is 28.0. The van der Waals surface area contributed by atoms with Gasteiger partial charge in [-0.2, -0.15) is 4.98 Å². The van der Waals surface area contributed by atoms with Crippen LogP contribution >= 0.6 is 0 Å². The fourth-order valence-corrected chi connectivity index (χ4v) is 5.01. The number of halogens is 1. The van der Waals surface area contributed by atoms with E-state index in [1.165, 1.54) is 0 Å². The molecule has 0 aliphatic carbocycles. The molecule has 0 bridgehead atoms. The topological polar surface area (TPSA) is 158 Å². The molecule has 2 unspecified atom stereocenters. The van der Waals surface area contributed by atoms with Crippen LogP contribution in [0, 0.1) is 11.7 Å². The minimum absolute atomic E-state index is 0.0555. The largest absolute Gasteiger partial charge is 0.491 e. The van der Waals surface area contributed by atoms with Crippen LogP contribution in [0.5, 0.6) is 5.75 Å². The summed E-state index contributed by atoms with van der Waals surface area (Å²) >= 11 is 0. The van der Waals surface area contributed by atoms with Gasteiger partial charge in [0.1, 0.15) is 12.4 Å². The van der Waals surface area contributed by atoms with Crippen LogP contribution in [0.25, 0.3) is 0 Å². The van der Waals surface area contributed by atoms with Gasteiger partial charge in [0, 0.05) is 25.0 Å². The van der Waals surface area contributed by atoms with E-state index in [0.717, 1.165) is 56.5 Å². The summed E-state index contributed by atoms with van der Waals surface area (Å²) in [6.45, 7) is 3.49. The number of carbonyl (C=O) groups excluding carboxylic acids is 1. The number of benzene rings is 2. The molecule has 1 aliphatic heterocycles. The van der Waals surface area contributed by atoms with Crippen molar-refractivity contribution in [3.05, 3.63) is 60.5 Å². The summed E-state index contributed by atoms with van der Waals surface area (Å²) in [4.78, 5) is 22.0. The van der Waals surface area contributed by atoms with Gasteiger partial charge < -0.3 is 35.8 Å². The smallest absolute Gasteiger partial charge is 0.229 e. The van der Waals surface area contributed by atoms with Crippen LogP contribution in [-0.2, 0) is 9.53 Å². The molecule has 1 amide bonds. The molecule has 0 radical (unpaired) electrons. The number of hydrogen-bond donors (Lipinski definition) is 5. The maximum atomic E-state index is 14.6. The highest BCUT2D eigenvalue weighted by atomic mass is 19.1. The number of aliphatic hydroxyl groups excluding tert-OH is 1. The second-order valence-electron chi connectivity index (χ2n) is 10.8. The van der Waals surface area contributed by atoms with Crippen molar-refractivity contribution in [3.8, 4) is 5.75 Å². The molecule has 1 saturated heterocycles. The zero-order chi connectivity index (χ0) is 31.3. The summed E-state index contributed by atoms with van der Waals surface area (Å²) in [5.74, 6) is -0.138. The molecule has 3 aromatic rings. The number of rotatable bonds is 17. The van der Waals surface area contributed by atoms with Crippen molar-refractivity contribution in [3.63, 3.8) is 0 Å². The van der Waals surface area contributed by atoms with Crippen LogP contribution in [0.15, 0.2) is 54.7 Å². The molecule has 0 saturated carbocycles. The first-order chi connectivity index (χ1) is 21.3. The molecule has 1 aliphatic rings. The number of ether oxygens (including phenoxy) is 2. The van der Waals surface area contributed by atoms with Crippen molar-refractivity contribution in [2.24, 2.45) is 11.7 Å². The molecule has 4 rings (SSSR count). The number of hydrogen-bond acceptors (Lipinski definition) is 11. The van der Waals surface area contributed by atoms with Gasteiger partial charge in [-0.15, -0.1) is 0 Å². The number of carbonyl (C=O) groups is 1. The van der Waals surface area contributed by atoms with E-state index < -0.39 is 12.0 Å². The lowest BCUT2D eigenvalue weighted by Crippen LogP contribution is -2.41. The van der Waals surface area contributed by atoms with Crippen molar-refractivity contribution in [2.75, 3.05) is 55.7 Å². The van der Waals surface area contributed by atoms with Crippen molar-refractivity contribution in [1.82, 2.24) is 14.9 Å². The Bertz CT molecular complexity index is 1330. The predicted octanol–water partition coefficient (Wildman–Crippen LogP) is 4.40. The van der Waals surface area contributed by atoms with Gasteiger partial charge in [-0.25, -0.2) is 14.4 Å². The Hall–Kier alpha value is -4.04. The molecule has 1 fully saturated rings. The van der Waals surface area contributed by atoms with Gasteiger partial charge >= 0.3 is 0 Å². The van der Waals surface area contributed by atoms with E-state index in [4.69, 9.17) is 15.2 Å². The molecule has 1 aromatic heterocycles. The molecule has 6 N–H and O–H groups in total. The van der Waals surface area contributed by atoms with Crippen LogP contribution in [0.3, 0.4) is 0 Å². The average molecular weight is 612 g/mol. The molecule has 2 atom stereocenters. The third kappa shape index (κ3) is 10.0. The normalized spacial score (nSPS) is 15.9. The molecule has 13 heteroatoms. The van der Waals surface area contributed by atoms with Crippen LogP contribution in [0.2, 0.25) is 0 Å². The Balaban J connectivity index is 1.25. The first-order valence-corrected chi connectivity index (χ1v) is 14.9. The summed E-state index contributed by atoms with van der Waals surface area (Å²) in [6.07, 6.45) is 4.68. The van der Waals surface area contributed by atoms with Crippen molar-refractivity contribution in [1.29, 1.82) is 0 Å². The molecule has 44 heavy (non-hydrogen) atoms. The fraction of sp³-hybridized carbons (Fsp3) is 0.452. The standard InChI is InChI=1S/C31H42FN7O5/c1-43-17-18-44-26-13-11-23(12-14-26)36-31-34-20-27(32)30(37-31)35-24-8-5-9-25(19-24)39(42)28(40)10-3-2-4-15-38-16-6-7-22(21-38)29(33)41/h5,8-9,11-14,19-20,22,28,40,42H,2-4,6-7,10,15-18,21H2,1H3,(H2,33,41)(H2,34,35,36,37). The highest BCUT2D eigenvalue weighted by Crippen LogP contribution is 2.26. The summed E-state index contributed by atoms with van der Waals surface area (Å²) < 4.78 is 25.1. The molecular weight excluding hydrogens is 569 g/mol. The van der Waals surface area contributed by atoms with Crippen molar-refractivity contribution < 1.29 is 29.0 Å². The number of hydroxylamine groups is 1. The monoisotopic (exact) mass is 611 g/mol. The zero-order valence-electron chi connectivity index (χ0n) is 25.0. The lowest BCUT2D eigenvalue weighted by molar-refractivity contribution is -0.123. The van der Waals surface area contributed by atoms with Gasteiger partial charge in [0.25, 0.3) is 0 Å². The van der Waals surface area contributed by atoms with E-state index in [1.807, 2.05) is 0 Å². The van der Waals surface area contributed by atoms with E-state index >= 15 is 0 Å². The summed E-state index contributed by atoms with van der Waals surface area (Å²) in [6, 6.07) is 13.8. The van der Waals surface area contributed by atoms with Crippen LogP contribution in [0.4, 0.5) is 33.2 Å². The molecule has 238 valence electrons. The Morgan fingerprint density at radius 1 is 1.16 bits per heavy atom. The Morgan fingerprint density at radius 2 is 1.98 bits per heavy atom. The molecule has 12 nitrogen and oxygen atoms in total. The number of nitrogens with zero attached hydrogens (tertiary/aromatic N) is 4. The SMILES string of the molecule is COCCOc1ccc(Nc2ncc(F)c(Nc3cccc(N(O)C(O)CCCCCN4CCCC(C(N)=O)C4)c3)n2)cc1. The first-order valence-electron chi connectivity index (χ1n) is 14.9. The number of nitrogens with one attached hydrogen (secondary N) is 2. The number of methoxy groups -OCH3 is 1. The molecular formula is C31H42FN7O5. The van der Waals surface area contributed by atoms with Crippen LogP contribution in [0.1, 0.15) is 38.5 Å². The van der Waals surface area contributed by atoms with Gasteiger partial charge in [0.05, 0.1) is 24.4 Å². The number of aromatic nitrogens is 2. The third-order valence-corrected chi connectivity index (χ3v) is 7.41. The average Bonchev–Trinajstić information content (AvgIpc) is 3.03. The van der Waals surface area contributed by atoms with Crippen LogP contribution < -0.4 is 26.2 Å². The van der Waals surface area contributed by atoms with E-state index in [0.29, 0.717) is 49.0 Å². The van der Waals surface area contributed by atoms with Gasteiger partial charge in [-0.1, -0.05) is 12.5 Å². The molecule has 0 spiro atoms. The van der Waals surface area contributed by atoms with E-state index in [-0.39, 0.29) is 23.6 Å². The predicted molar refractivity (Wildman–Crippen MR) is 166 cm³/mol. The maximum absolute atomic E-state index is 14.6. The minimum Gasteiger partial charge on any atom is -0.491 e. The quantitative estimate of drug-likeness (QED) is 0.0837. The number of aliphatic hydroxyl groups is 1. The Kier molecular flexibility index (Phi) is 12.5. The summed E-state index contributed by atoms with van der Waals surface area (Å²) in [7, 11) is 1.61. The number of unbranched alkanes of at least 4 members (excludes halogenated alkanes) is 2. The number of likely N-dealkylation sites (tertiary alicyclic amines) is 1. The van der Waals surface area contributed by atoms with Crippen LogP contribution in [-0.4, -0.2) is 77.3 Å². The second kappa shape index (κ2) is 16.7. The molecule has 2 heterocycles. The van der Waals surface area contributed by atoms with Gasteiger partial charge in [-0.3, -0.25) is 10.0 Å². The third-order valence-electron chi connectivity index (χ3n) is 7.41. The number of amides is 1. The van der Waals surface area contributed by atoms with E-state index in [9.17, 15) is 19.5 Å². The van der Waals surface area contributed by atoms with Gasteiger partial charge in [0.2, 0.25) is 11.9 Å². The van der Waals surface area contributed by atoms with Crippen molar-refractivity contribution >= 4 is 34.7 Å². The highest BCUT2D eigenvalue weighted by Gasteiger charge is 2.23. The minimum atomic E-state index is -1.11. The van der Waals surface area contributed by atoms with Gasteiger partial charge in [-0.05, 0) is 87.7 Å². The van der Waals surface area contributed by atoms with E-state index in [1.54, 1.807) is 55.6 Å². The number of piperidine rings is 1. The van der Waals surface area contributed by atoms with E-state index in [2.05, 4.69) is 25.5 Å². The van der Waals surface area contributed by atoms with Crippen molar-refractivity contribution in [2.45, 2.75) is 44.8 Å². The Morgan fingerprint density at radius 3 is 2.75 bits per heavy atom. The van der Waals surface area contributed by atoms with Gasteiger partial charge in [0.15, 0.2) is 17.9 Å². The fourth-order valence-electron chi connectivity index (χ4n) is 5.01. The maximum Gasteiger partial charge on any atom is 0.229 e. The second-order valence-corrected chi connectivity index (χ2v) is 10.8. The Labute approximate surface area is 257 Å². The zero-order valence-corrected chi connectivity index (χ0v) is 25.0. The molecule has 2 aromatic carbocycles. The number of nitrogens with two attached hydrogens (primary N) is 1. The summed E-state index contributed by atoms with van der Waals surface area (Å²) in [5.41, 5.74) is 6.96. The lowest BCUT2D eigenvalue weighted by atomic mass is 9.97. The first kappa shape index (κ1) is 32.9.